The van der Waals surface area contributed by atoms with Crippen LogP contribution in [-0.2, 0) is 25.5 Å². The molecule has 3 amide bonds. The molecule has 0 spiro atoms. The van der Waals surface area contributed by atoms with Crippen LogP contribution in [0.2, 0.25) is 0 Å². The molecule has 0 bridgehead atoms. The van der Waals surface area contributed by atoms with Crippen LogP contribution in [0.25, 0.3) is 0 Å². The summed E-state index contributed by atoms with van der Waals surface area (Å²) in [6.07, 6.45) is -2.21. The second kappa shape index (κ2) is 15.7. The van der Waals surface area contributed by atoms with Crippen molar-refractivity contribution in [2.75, 3.05) is 23.9 Å². The molecule has 0 heterocycles. The fourth-order valence-electron chi connectivity index (χ4n) is 5.37. The van der Waals surface area contributed by atoms with Gasteiger partial charge >= 0.3 is 12.3 Å². The Labute approximate surface area is 278 Å². The fourth-order valence-corrected chi connectivity index (χ4v) is 7.45. The highest BCUT2D eigenvalue weighted by atomic mass is 32.2. The van der Waals surface area contributed by atoms with E-state index in [-0.39, 0.29) is 28.4 Å². The number of halogens is 3. The van der Waals surface area contributed by atoms with Gasteiger partial charge < -0.3 is 20.7 Å². The van der Waals surface area contributed by atoms with Gasteiger partial charge in [-0.15, -0.1) is 11.8 Å². The van der Waals surface area contributed by atoms with Crippen LogP contribution in [0, 0.1) is 5.92 Å². The number of hydrogen-bond acceptors (Lipinski definition) is 8. The first-order valence-electron chi connectivity index (χ1n) is 15.2. The highest BCUT2D eigenvalue weighted by molar-refractivity contribution is 7.98. The van der Waals surface area contributed by atoms with Crippen LogP contribution < -0.4 is 21.3 Å². The van der Waals surface area contributed by atoms with E-state index in [4.69, 9.17) is 4.74 Å². The predicted octanol–water partition coefficient (Wildman–Crippen LogP) is 5.63. The molecule has 3 rings (SSSR count). The lowest BCUT2D eigenvalue weighted by Crippen LogP contribution is -2.52. The van der Waals surface area contributed by atoms with Gasteiger partial charge in [0.15, 0.2) is 9.84 Å². The maximum absolute atomic E-state index is 13.5. The molecule has 15 heteroatoms. The van der Waals surface area contributed by atoms with E-state index in [1.165, 1.54) is 11.8 Å². The van der Waals surface area contributed by atoms with Gasteiger partial charge in [0.2, 0.25) is 5.91 Å². The van der Waals surface area contributed by atoms with Gasteiger partial charge in [-0.2, -0.15) is 13.2 Å². The van der Waals surface area contributed by atoms with E-state index in [0.717, 1.165) is 11.0 Å². The summed E-state index contributed by atoms with van der Waals surface area (Å²) in [6, 6.07) is 8.52. The van der Waals surface area contributed by atoms with E-state index in [2.05, 4.69) is 21.3 Å². The minimum Gasteiger partial charge on any atom is -0.444 e. The molecule has 0 aromatic heterocycles. The van der Waals surface area contributed by atoms with Crippen LogP contribution in [0.5, 0.6) is 0 Å². The molecule has 1 saturated carbocycles. The number of alkyl halides is 3. The molecule has 260 valence electrons. The minimum atomic E-state index is -4.77. The van der Waals surface area contributed by atoms with Crippen molar-refractivity contribution in [3.63, 3.8) is 0 Å². The molecule has 0 aliphatic heterocycles. The largest absolute Gasteiger partial charge is 0.444 e. The first-order valence-corrected chi connectivity index (χ1v) is 18.1. The van der Waals surface area contributed by atoms with Crippen molar-refractivity contribution in [3.05, 3.63) is 53.6 Å². The maximum Gasteiger partial charge on any atom is 0.416 e. The Hall–Kier alpha value is -3.30. The van der Waals surface area contributed by atoms with E-state index in [1.54, 1.807) is 45.0 Å². The molecule has 0 saturated heterocycles. The van der Waals surface area contributed by atoms with Crippen LogP contribution in [-0.4, -0.2) is 68.6 Å². The number of carbonyl (C=O) groups excluding carboxylic acids is 3. The Morgan fingerprint density at radius 1 is 1.02 bits per heavy atom. The normalized spacial score (nSPS) is 18.8. The Morgan fingerprint density at radius 3 is 2.26 bits per heavy atom. The predicted molar refractivity (Wildman–Crippen MR) is 175 cm³/mol. The molecule has 0 unspecified atom stereocenters. The van der Waals surface area contributed by atoms with Crippen molar-refractivity contribution in [1.82, 2.24) is 16.0 Å². The zero-order chi connectivity index (χ0) is 35.2. The first-order chi connectivity index (χ1) is 21.8. The molecule has 10 nitrogen and oxygen atoms in total. The summed E-state index contributed by atoms with van der Waals surface area (Å²) in [5.41, 5.74) is -2.79. The Morgan fingerprint density at radius 2 is 1.68 bits per heavy atom. The zero-order valence-corrected chi connectivity index (χ0v) is 28.9. The van der Waals surface area contributed by atoms with Crippen molar-refractivity contribution in [3.8, 4) is 0 Å². The summed E-state index contributed by atoms with van der Waals surface area (Å²) in [7, 11) is -3.70. The Balaban J connectivity index is 1.75. The van der Waals surface area contributed by atoms with Crippen molar-refractivity contribution < 1.29 is 40.7 Å². The van der Waals surface area contributed by atoms with E-state index in [9.17, 15) is 36.0 Å². The minimum absolute atomic E-state index is 0.0405. The van der Waals surface area contributed by atoms with Crippen LogP contribution in [0.15, 0.2) is 52.3 Å². The van der Waals surface area contributed by atoms with Crippen molar-refractivity contribution in [1.29, 1.82) is 0 Å². The molecule has 1 fully saturated rings. The number of thioether (sulfide) groups is 1. The van der Waals surface area contributed by atoms with Crippen LogP contribution in [0.1, 0.15) is 69.8 Å². The number of nitrogens with one attached hydrogen (secondary N) is 4. The van der Waals surface area contributed by atoms with Gasteiger partial charge in [0.1, 0.15) is 5.60 Å². The molecule has 47 heavy (non-hydrogen) atoms. The number of hydrogen-bond donors (Lipinski definition) is 4. The van der Waals surface area contributed by atoms with Crippen LogP contribution in [0.4, 0.5) is 23.7 Å². The number of amides is 3. The van der Waals surface area contributed by atoms with Crippen LogP contribution >= 0.6 is 11.8 Å². The third-order valence-corrected chi connectivity index (χ3v) is 9.99. The van der Waals surface area contributed by atoms with Crippen LogP contribution in [0.3, 0.4) is 0 Å². The molecular weight excluding hydrogens is 658 g/mol. The van der Waals surface area contributed by atoms with Gasteiger partial charge in [-0.3, -0.25) is 14.9 Å². The first kappa shape index (κ1) is 38.2. The second-order valence-corrected chi connectivity index (χ2v) is 15.7. The quantitative estimate of drug-likeness (QED) is 0.221. The van der Waals surface area contributed by atoms with Gasteiger partial charge in [-0.25, -0.2) is 13.2 Å². The number of carbonyl (C=O) groups is 3. The monoisotopic (exact) mass is 700 g/mol. The number of benzene rings is 2. The summed E-state index contributed by atoms with van der Waals surface area (Å²) in [6.45, 7) is 8.19. The summed E-state index contributed by atoms with van der Waals surface area (Å²) in [5.74, 6) is -2.32. The standard InChI is InChI=1S/C32H43F3N4O6S2/c1-19(2)37-22-8-14-26(20(15-22)18-47(43,44)24-11-9-23(46-6)10-12-24)38-28(40)17-36-29(41)25-16-21(32(33,34)35)7-13-27(25)39-30(42)45-31(3,4)5/h7,9-13,16,19-20,22,26,37H,8,14-15,17-18H2,1-6H3,(H,36,41)(H,38,40)(H,39,42)/t20-,22+,26+/m1/s1. The van der Waals surface area contributed by atoms with Gasteiger partial charge in [0.05, 0.1) is 34.0 Å². The molecule has 3 atom stereocenters. The fraction of sp³-hybridized carbons (Fsp3) is 0.531. The number of rotatable bonds is 11. The second-order valence-electron chi connectivity index (χ2n) is 12.8. The highest BCUT2D eigenvalue weighted by Crippen LogP contribution is 2.32. The highest BCUT2D eigenvalue weighted by Gasteiger charge is 2.36. The Kier molecular flexibility index (Phi) is 12.8. The molecule has 1 aliphatic rings. The molecule has 2 aromatic carbocycles. The third kappa shape index (κ3) is 11.7. The number of anilines is 1. The number of sulfone groups is 1. The van der Waals surface area contributed by atoms with Crippen molar-refractivity contribution >= 4 is 45.2 Å². The molecule has 2 aromatic rings. The third-order valence-electron chi connectivity index (χ3n) is 7.39. The summed E-state index contributed by atoms with van der Waals surface area (Å²) < 4.78 is 72.3. The summed E-state index contributed by atoms with van der Waals surface area (Å²) in [4.78, 5) is 39.5. The summed E-state index contributed by atoms with van der Waals surface area (Å²) in [5, 5.41) is 10.9. The Bertz CT molecular complexity index is 1530. The van der Waals surface area contributed by atoms with E-state index in [1.807, 2.05) is 20.1 Å². The SMILES string of the molecule is CSc1ccc(S(=O)(=O)C[C@H]2C[C@@H](NC(C)C)CC[C@@H]2NC(=O)CNC(=O)c2cc(C(F)(F)F)ccc2NC(=O)OC(C)(C)C)cc1. The van der Waals surface area contributed by atoms with E-state index in [0.29, 0.717) is 31.4 Å². The maximum atomic E-state index is 13.5. The molecule has 1 aliphatic carbocycles. The lowest BCUT2D eigenvalue weighted by Gasteiger charge is -2.37. The molecule has 0 radical (unpaired) electrons. The van der Waals surface area contributed by atoms with Gasteiger partial charge in [-0.05, 0) is 94.7 Å². The van der Waals surface area contributed by atoms with Crippen molar-refractivity contribution in [2.24, 2.45) is 5.92 Å². The van der Waals surface area contributed by atoms with E-state index >= 15 is 0 Å². The van der Waals surface area contributed by atoms with Gasteiger partial charge in [0.25, 0.3) is 5.91 Å². The summed E-state index contributed by atoms with van der Waals surface area (Å²) >= 11 is 1.49. The topological polar surface area (TPSA) is 143 Å². The van der Waals surface area contributed by atoms with E-state index < -0.39 is 69.2 Å². The average molecular weight is 701 g/mol. The smallest absolute Gasteiger partial charge is 0.416 e. The van der Waals surface area contributed by atoms with Crippen molar-refractivity contribution in [2.45, 2.75) is 93.6 Å². The molecule has 4 N–H and O–H groups in total. The van der Waals surface area contributed by atoms with Gasteiger partial charge in [-0.1, -0.05) is 13.8 Å². The lowest BCUT2D eigenvalue weighted by atomic mass is 9.82. The van der Waals surface area contributed by atoms with Gasteiger partial charge in [0, 0.05) is 23.0 Å². The zero-order valence-electron chi connectivity index (χ0n) is 27.3. The number of ether oxygens (including phenoxy) is 1. The average Bonchev–Trinajstić information content (AvgIpc) is 2.95. The lowest BCUT2D eigenvalue weighted by molar-refractivity contribution is -0.137. The molecular formula is C32H43F3N4O6S2.